The number of nitrogens with two attached hydrogens (primary N) is 1. The zero-order valence-electron chi connectivity index (χ0n) is 11.5. The van der Waals surface area contributed by atoms with Crippen molar-refractivity contribution < 1.29 is 8.42 Å². The molecule has 0 aliphatic carbocycles. The first-order chi connectivity index (χ1) is 8.94. The fourth-order valence-electron chi connectivity index (χ4n) is 2.82. The molecule has 2 rings (SSSR count). The second-order valence-corrected chi connectivity index (χ2v) is 7.56. The van der Waals surface area contributed by atoms with Crippen LogP contribution >= 0.6 is 0 Å². The molecule has 1 aliphatic heterocycles. The number of nitrogens with zero attached hydrogens (tertiary/aromatic N) is 1. The van der Waals surface area contributed by atoms with Crippen LogP contribution in [-0.4, -0.2) is 44.5 Å². The highest BCUT2D eigenvalue weighted by Crippen LogP contribution is 2.27. The number of rotatable bonds is 4. The maximum absolute atomic E-state index is 11.6. The molecule has 5 heteroatoms. The van der Waals surface area contributed by atoms with Gasteiger partial charge in [0, 0.05) is 18.6 Å². The summed E-state index contributed by atoms with van der Waals surface area (Å²) in [6.07, 6.45) is 0.710. The molecule has 0 aromatic heterocycles. The quantitative estimate of drug-likeness (QED) is 0.898. The molecule has 0 bridgehead atoms. The summed E-state index contributed by atoms with van der Waals surface area (Å²) < 4.78 is 23.2. The van der Waals surface area contributed by atoms with Crippen molar-refractivity contribution in [3.8, 4) is 0 Å². The Morgan fingerprint density at radius 2 is 2.11 bits per heavy atom. The van der Waals surface area contributed by atoms with Crippen molar-refractivity contribution in [2.24, 2.45) is 5.73 Å². The third kappa shape index (κ3) is 3.16. The summed E-state index contributed by atoms with van der Waals surface area (Å²) in [6, 6.07) is 8.32. The summed E-state index contributed by atoms with van der Waals surface area (Å²) in [5.41, 5.74) is 8.31. The molecular weight excluding hydrogens is 260 g/mol. The molecule has 2 N–H and O–H groups in total. The number of hydrogen-bond donors (Lipinski definition) is 1. The van der Waals surface area contributed by atoms with Gasteiger partial charge >= 0.3 is 0 Å². The van der Waals surface area contributed by atoms with Crippen LogP contribution in [0.2, 0.25) is 0 Å². The largest absolute Gasteiger partial charge is 0.329 e. The van der Waals surface area contributed by atoms with Crippen molar-refractivity contribution in [1.82, 2.24) is 4.90 Å². The molecule has 4 nitrogen and oxygen atoms in total. The Kier molecular flexibility index (Phi) is 4.28. The maximum atomic E-state index is 11.6. The highest BCUT2D eigenvalue weighted by Gasteiger charge is 2.33. The van der Waals surface area contributed by atoms with E-state index in [0.29, 0.717) is 18.7 Å². The number of sulfone groups is 1. The molecule has 106 valence electrons. The summed E-state index contributed by atoms with van der Waals surface area (Å²) in [4.78, 5) is 2.13. The van der Waals surface area contributed by atoms with Crippen LogP contribution in [-0.2, 0) is 9.84 Å². The van der Waals surface area contributed by atoms with Gasteiger partial charge in [-0.2, -0.15) is 0 Å². The normalized spacial score (nSPS) is 23.7. The Balaban J connectivity index is 2.21. The third-order valence-electron chi connectivity index (χ3n) is 4.05. The van der Waals surface area contributed by atoms with E-state index in [-0.39, 0.29) is 17.8 Å². The third-order valence-corrected chi connectivity index (χ3v) is 5.80. The van der Waals surface area contributed by atoms with E-state index in [0.717, 1.165) is 0 Å². The van der Waals surface area contributed by atoms with Crippen LogP contribution in [0.25, 0.3) is 0 Å². The standard InChI is InChI=1S/C14H22N2O2S/c1-11-5-3-4-6-13(11)14(9-15)16(2)12-7-8-19(17,18)10-12/h3-6,12,14H,7-10,15H2,1-2H3. The molecule has 1 fully saturated rings. The average Bonchev–Trinajstić information content (AvgIpc) is 2.73. The Bertz CT molecular complexity index is 542. The van der Waals surface area contributed by atoms with Crippen LogP contribution in [0.5, 0.6) is 0 Å². The van der Waals surface area contributed by atoms with E-state index in [2.05, 4.69) is 24.0 Å². The first-order valence-corrected chi connectivity index (χ1v) is 8.44. The monoisotopic (exact) mass is 282 g/mol. The molecule has 1 aliphatic rings. The first-order valence-electron chi connectivity index (χ1n) is 6.62. The van der Waals surface area contributed by atoms with E-state index in [1.807, 2.05) is 19.2 Å². The predicted octanol–water partition coefficient (Wildman–Crippen LogP) is 1.11. The number of hydrogen-bond acceptors (Lipinski definition) is 4. The van der Waals surface area contributed by atoms with Gasteiger partial charge in [0.25, 0.3) is 0 Å². The lowest BCUT2D eigenvalue weighted by Crippen LogP contribution is -2.39. The van der Waals surface area contributed by atoms with Gasteiger partial charge in [0.15, 0.2) is 9.84 Å². The molecule has 1 aromatic carbocycles. The van der Waals surface area contributed by atoms with E-state index in [1.54, 1.807) is 0 Å². The molecule has 0 saturated carbocycles. The zero-order chi connectivity index (χ0) is 14.0. The fourth-order valence-corrected chi connectivity index (χ4v) is 4.61. The molecular formula is C14H22N2O2S. The summed E-state index contributed by atoms with van der Waals surface area (Å²) in [6.45, 7) is 2.56. The molecule has 1 saturated heterocycles. The molecule has 2 unspecified atom stereocenters. The summed E-state index contributed by atoms with van der Waals surface area (Å²) >= 11 is 0. The molecule has 2 atom stereocenters. The fraction of sp³-hybridized carbons (Fsp3) is 0.571. The zero-order valence-corrected chi connectivity index (χ0v) is 12.4. The minimum absolute atomic E-state index is 0.0816. The van der Waals surface area contributed by atoms with Gasteiger partial charge in [0.05, 0.1) is 11.5 Å². The minimum Gasteiger partial charge on any atom is -0.329 e. The lowest BCUT2D eigenvalue weighted by atomic mass is 9.99. The lowest BCUT2D eigenvalue weighted by Gasteiger charge is -2.32. The number of benzene rings is 1. The second kappa shape index (κ2) is 5.61. The van der Waals surface area contributed by atoms with Crippen molar-refractivity contribution >= 4 is 9.84 Å². The van der Waals surface area contributed by atoms with E-state index in [9.17, 15) is 8.42 Å². The van der Waals surface area contributed by atoms with E-state index in [4.69, 9.17) is 5.73 Å². The van der Waals surface area contributed by atoms with Crippen molar-refractivity contribution in [3.05, 3.63) is 35.4 Å². The average molecular weight is 282 g/mol. The highest BCUT2D eigenvalue weighted by atomic mass is 32.2. The number of aryl methyl sites for hydroxylation is 1. The van der Waals surface area contributed by atoms with Gasteiger partial charge in [-0.1, -0.05) is 24.3 Å². The van der Waals surface area contributed by atoms with Gasteiger partial charge in [0.1, 0.15) is 0 Å². The summed E-state index contributed by atoms with van der Waals surface area (Å²) in [5.74, 6) is 0.555. The van der Waals surface area contributed by atoms with Crippen LogP contribution < -0.4 is 5.73 Å². The van der Waals surface area contributed by atoms with Crippen LogP contribution in [0.15, 0.2) is 24.3 Å². The second-order valence-electron chi connectivity index (χ2n) is 5.33. The molecule has 0 radical (unpaired) electrons. The van der Waals surface area contributed by atoms with Crippen molar-refractivity contribution in [2.45, 2.75) is 25.4 Å². The topological polar surface area (TPSA) is 63.4 Å². The smallest absolute Gasteiger partial charge is 0.151 e. The Hall–Kier alpha value is -0.910. The molecule has 1 heterocycles. The summed E-state index contributed by atoms with van der Waals surface area (Å²) in [7, 11) is -0.875. The Morgan fingerprint density at radius 1 is 1.42 bits per heavy atom. The van der Waals surface area contributed by atoms with E-state index in [1.165, 1.54) is 11.1 Å². The van der Waals surface area contributed by atoms with Gasteiger partial charge in [0.2, 0.25) is 0 Å². The van der Waals surface area contributed by atoms with Crippen LogP contribution in [0.1, 0.15) is 23.6 Å². The van der Waals surface area contributed by atoms with Gasteiger partial charge in [-0.3, -0.25) is 4.90 Å². The molecule has 0 amide bonds. The minimum atomic E-state index is -2.86. The van der Waals surface area contributed by atoms with E-state index < -0.39 is 9.84 Å². The predicted molar refractivity (Wildman–Crippen MR) is 77.8 cm³/mol. The molecule has 1 aromatic rings. The summed E-state index contributed by atoms with van der Waals surface area (Å²) in [5, 5.41) is 0. The van der Waals surface area contributed by atoms with Crippen molar-refractivity contribution in [3.63, 3.8) is 0 Å². The molecule has 0 spiro atoms. The van der Waals surface area contributed by atoms with Gasteiger partial charge in [-0.15, -0.1) is 0 Å². The van der Waals surface area contributed by atoms with Crippen LogP contribution in [0.3, 0.4) is 0 Å². The van der Waals surface area contributed by atoms with Gasteiger partial charge in [-0.05, 0) is 31.5 Å². The van der Waals surface area contributed by atoms with Crippen LogP contribution in [0, 0.1) is 6.92 Å². The number of likely N-dealkylation sites (N-methyl/N-ethyl adjacent to an activating group) is 1. The lowest BCUT2D eigenvalue weighted by molar-refractivity contribution is 0.192. The maximum Gasteiger partial charge on any atom is 0.151 e. The first kappa shape index (κ1) is 14.5. The van der Waals surface area contributed by atoms with Crippen LogP contribution in [0.4, 0.5) is 0 Å². The SMILES string of the molecule is Cc1ccccc1C(CN)N(C)C1CCS(=O)(=O)C1. The Labute approximate surface area is 115 Å². The molecule has 19 heavy (non-hydrogen) atoms. The van der Waals surface area contributed by atoms with Gasteiger partial charge in [-0.25, -0.2) is 8.42 Å². The highest BCUT2D eigenvalue weighted by molar-refractivity contribution is 7.91. The van der Waals surface area contributed by atoms with E-state index >= 15 is 0 Å². The van der Waals surface area contributed by atoms with Crippen molar-refractivity contribution in [2.75, 3.05) is 25.1 Å². The van der Waals surface area contributed by atoms with Crippen molar-refractivity contribution in [1.29, 1.82) is 0 Å². The van der Waals surface area contributed by atoms with Gasteiger partial charge < -0.3 is 5.73 Å². The Morgan fingerprint density at radius 3 is 2.63 bits per heavy atom.